The van der Waals surface area contributed by atoms with Gasteiger partial charge in [0.1, 0.15) is 11.6 Å². The first-order chi connectivity index (χ1) is 11.7. The lowest BCUT2D eigenvalue weighted by atomic mass is 9.97. The maximum absolute atomic E-state index is 14.0. The number of halogens is 8. The molecule has 25 heavy (non-hydrogen) atoms. The van der Waals surface area contributed by atoms with E-state index in [4.69, 9.17) is 10.5 Å². The third kappa shape index (κ3) is 2.56. The van der Waals surface area contributed by atoms with Crippen LogP contribution in [-0.4, -0.2) is 0 Å². The van der Waals surface area contributed by atoms with E-state index in [1.165, 1.54) is 6.07 Å². The molecule has 2 nitrogen and oxygen atoms in total. The number of benzene rings is 2. The topological polar surface area (TPSA) is 47.6 Å². The number of hydrogen-bond donors (Lipinski definition) is 0. The van der Waals surface area contributed by atoms with Crippen molar-refractivity contribution in [3.8, 4) is 23.3 Å². The third-order valence-electron chi connectivity index (χ3n) is 3.24. The highest BCUT2D eigenvalue weighted by Gasteiger charge is 2.33. The normalized spacial score (nSPS) is 10.5. The van der Waals surface area contributed by atoms with Gasteiger partial charge in [-0.15, -0.1) is 0 Å². The Labute approximate surface area is 134 Å². The predicted octanol–water partition coefficient (Wildman–Crippen LogP) is 4.40. The SMILES string of the molecule is N#CCc1c(F)c(F)c(-c2c(F)c(F)c(C#N)c(F)c2F)c(F)c1F. The van der Waals surface area contributed by atoms with Gasteiger partial charge >= 0.3 is 0 Å². The van der Waals surface area contributed by atoms with Crippen LogP contribution in [0.4, 0.5) is 35.1 Å². The minimum Gasteiger partial charge on any atom is -0.203 e. The second-order valence-electron chi connectivity index (χ2n) is 4.56. The summed E-state index contributed by atoms with van der Waals surface area (Å²) in [6.45, 7) is 0. The van der Waals surface area contributed by atoms with Crippen molar-refractivity contribution in [1.29, 1.82) is 10.5 Å². The van der Waals surface area contributed by atoms with Gasteiger partial charge < -0.3 is 0 Å². The average molecular weight is 362 g/mol. The van der Waals surface area contributed by atoms with Crippen LogP contribution in [0.25, 0.3) is 11.1 Å². The van der Waals surface area contributed by atoms with E-state index in [1.54, 1.807) is 0 Å². The number of hydrogen-bond acceptors (Lipinski definition) is 2. The molecule has 0 saturated carbocycles. The summed E-state index contributed by atoms with van der Waals surface area (Å²) in [5.41, 5.74) is -7.20. The highest BCUT2D eigenvalue weighted by atomic mass is 19.2. The van der Waals surface area contributed by atoms with E-state index in [1.807, 2.05) is 0 Å². The van der Waals surface area contributed by atoms with Crippen molar-refractivity contribution >= 4 is 0 Å². The highest BCUT2D eigenvalue weighted by Crippen LogP contribution is 2.37. The highest BCUT2D eigenvalue weighted by molar-refractivity contribution is 5.69. The zero-order chi connectivity index (χ0) is 19.0. The monoisotopic (exact) mass is 362 g/mol. The second-order valence-corrected chi connectivity index (χ2v) is 4.56. The van der Waals surface area contributed by atoms with E-state index < -0.39 is 75.2 Å². The lowest BCUT2D eigenvalue weighted by Gasteiger charge is -2.13. The summed E-state index contributed by atoms with van der Waals surface area (Å²) in [4.78, 5) is 0. The molecule has 0 aliphatic carbocycles. The molecule has 2 aromatic carbocycles. The number of rotatable bonds is 2. The Hall–Kier alpha value is -3.14. The second kappa shape index (κ2) is 6.40. The summed E-state index contributed by atoms with van der Waals surface area (Å²) < 4.78 is 110. The molecule has 2 aromatic rings. The molecule has 0 N–H and O–H groups in total. The molecule has 0 unspecified atom stereocenters. The molecule has 0 saturated heterocycles. The van der Waals surface area contributed by atoms with Crippen LogP contribution in [0.15, 0.2) is 0 Å². The zero-order valence-corrected chi connectivity index (χ0v) is 11.6. The molecule has 0 aromatic heterocycles. The van der Waals surface area contributed by atoms with Crippen molar-refractivity contribution in [3.63, 3.8) is 0 Å². The maximum atomic E-state index is 14.0. The van der Waals surface area contributed by atoms with Crippen LogP contribution < -0.4 is 0 Å². The largest absolute Gasteiger partial charge is 0.203 e. The molecule has 0 heterocycles. The Morgan fingerprint density at radius 2 is 0.920 bits per heavy atom. The van der Waals surface area contributed by atoms with Crippen molar-refractivity contribution in [2.45, 2.75) is 6.42 Å². The fourth-order valence-corrected chi connectivity index (χ4v) is 2.08. The molecule has 10 heteroatoms. The van der Waals surface area contributed by atoms with Crippen LogP contribution in [0.1, 0.15) is 11.1 Å². The van der Waals surface area contributed by atoms with Gasteiger partial charge in [0.05, 0.1) is 23.6 Å². The van der Waals surface area contributed by atoms with Gasteiger partial charge in [0, 0.05) is 5.56 Å². The zero-order valence-electron chi connectivity index (χ0n) is 11.6. The van der Waals surface area contributed by atoms with E-state index in [0.29, 0.717) is 0 Å². The van der Waals surface area contributed by atoms with E-state index in [9.17, 15) is 35.1 Å². The standard InChI is InChI=1S/C15H2F8N2/c16-8-4(1-2-24)9(17)13(21)6(12(8)20)7-14(22)10(18)5(3-25)11(19)15(7)23/h1H2. The summed E-state index contributed by atoms with van der Waals surface area (Å²) in [6.07, 6.45) is -1.12. The summed E-state index contributed by atoms with van der Waals surface area (Å²) in [6, 6.07) is 2.02. The average Bonchev–Trinajstić information content (AvgIpc) is 2.58. The Balaban J connectivity index is 3.00. The van der Waals surface area contributed by atoms with Crippen LogP contribution in [-0.2, 0) is 6.42 Å². The molecular formula is C15H2F8N2. The van der Waals surface area contributed by atoms with Gasteiger partial charge in [-0.05, 0) is 0 Å². The fourth-order valence-electron chi connectivity index (χ4n) is 2.08. The molecule has 0 aliphatic heterocycles. The van der Waals surface area contributed by atoms with Crippen molar-refractivity contribution in [3.05, 3.63) is 57.7 Å². The van der Waals surface area contributed by atoms with Crippen LogP contribution >= 0.6 is 0 Å². The Morgan fingerprint density at radius 1 is 0.560 bits per heavy atom. The third-order valence-corrected chi connectivity index (χ3v) is 3.24. The molecule has 0 aliphatic rings. The molecule has 0 atom stereocenters. The lowest BCUT2D eigenvalue weighted by Crippen LogP contribution is -2.10. The molecular weight excluding hydrogens is 360 g/mol. The Bertz CT molecular complexity index is 927. The number of nitriles is 2. The predicted molar refractivity (Wildman–Crippen MR) is 65.6 cm³/mol. The summed E-state index contributed by atoms with van der Waals surface area (Å²) in [5, 5.41) is 16.8. The summed E-state index contributed by atoms with van der Waals surface area (Å²) in [5.74, 6) is -18.4. The van der Waals surface area contributed by atoms with Gasteiger partial charge in [-0.1, -0.05) is 0 Å². The van der Waals surface area contributed by atoms with E-state index in [-0.39, 0.29) is 0 Å². The molecule has 2 rings (SSSR count). The van der Waals surface area contributed by atoms with Crippen molar-refractivity contribution in [2.24, 2.45) is 0 Å². The first-order valence-electron chi connectivity index (χ1n) is 6.17. The smallest absolute Gasteiger partial charge is 0.180 e. The quantitative estimate of drug-likeness (QED) is 0.587. The van der Waals surface area contributed by atoms with Gasteiger partial charge in [-0.3, -0.25) is 0 Å². The number of nitrogens with zero attached hydrogens (tertiary/aromatic N) is 2. The molecule has 0 amide bonds. The van der Waals surface area contributed by atoms with Gasteiger partial charge in [0.25, 0.3) is 0 Å². The Kier molecular flexibility index (Phi) is 4.66. The van der Waals surface area contributed by atoms with Gasteiger partial charge in [0.15, 0.2) is 46.5 Å². The van der Waals surface area contributed by atoms with Gasteiger partial charge in [-0.25, -0.2) is 35.1 Å². The molecule has 128 valence electrons. The van der Waals surface area contributed by atoms with E-state index in [0.717, 1.165) is 6.07 Å². The minimum atomic E-state index is -2.42. The van der Waals surface area contributed by atoms with Crippen molar-refractivity contribution < 1.29 is 35.1 Å². The fraction of sp³-hybridized carbons (Fsp3) is 0.0667. The van der Waals surface area contributed by atoms with Crippen molar-refractivity contribution in [1.82, 2.24) is 0 Å². The van der Waals surface area contributed by atoms with Crippen LogP contribution in [0.5, 0.6) is 0 Å². The molecule has 0 radical (unpaired) electrons. The summed E-state index contributed by atoms with van der Waals surface area (Å²) in [7, 11) is 0. The lowest BCUT2D eigenvalue weighted by molar-refractivity contribution is 0.434. The van der Waals surface area contributed by atoms with Crippen LogP contribution in [0.3, 0.4) is 0 Å². The first-order valence-corrected chi connectivity index (χ1v) is 6.17. The maximum Gasteiger partial charge on any atom is 0.180 e. The molecule has 0 spiro atoms. The summed E-state index contributed by atoms with van der Waals surface area (Å²) >= 11 is 0. The minimum absolute atomic E-state index is 0.800. The van der Waals surface area contributed by atoms with Crippen LogP contribution in [0.2, 0.25) is 0 Å². The van der Waals surface area contributed by atoms with Gasteiger partial charge in [-0.2, -0.15) is 10.5 Å². The van der Waals surface area contributed by atoms with E-state index in [2.05, 4.69) is 0 Å². The molecule has 0 fully saturated rings. The first kappa shape index (κ1) is 18.2. The van der Waals surface area contributed by atoms with Crippen molar-refractivity contribution in [2.75, 3.05) is 0 Å². The molecule has 0 bridgehead atoms. The van der Waals surface area contributed by atoms with Crippen LogP contribution in [0, 0.1) is 69.2 Å². The van der Waals surface area contributed by atoms with E-state index >= 15 is 0 Å². The Morgan fingerprint density at radius 3 is 1.24 bits per heavy atom. The van der Waals surface area contributed by atoms with Gasteiger partial charge in [0.2, 0.25) is 0 Å².